The number of aliphatic hydroxyl groups excluding tert-OH is 2. The highest BCUT2D eigenvalue weighted by molar-refractivity contribution is 5.82. The molecule has 0 fully saturated rings. The van der Waals surface area contributed by atoms with Crippen LogP contribution in [0.5, 0.6) is 5.75 Å². The van der Waals surface area contributed by atoms with E-state index in [0.29, 0.717) is 5.56 Å². The van der Waals surface area contributed by atoms with E-state index >= 15 is 0 Å². The molecule has 2 N–H and O–H groups in total. The van der Waals surface area contributed by atoms with Crippen LogP contribution in [-0.2, 0) is 18.0 Å². The predicted octanol–water partition coefficient (Wildman–Crippen LogP) is 2.02. The molecule has 1 atom stereocenters. The summed E-state index contributed by atoms with van der Waals surface area (Å²) in [7, 11) is 3.21. The van der Waals surface area contributed by atoms with Crippen LogP contribution < -0.4 is 4.74 Å². The molecule has 1 amide bonds. The van der Waals surface area contributed by atoms with E-state index in [1.165, 1.54) is 4.90 Å². The molecule has 2 rings (SSSR count). The first-order chi connectivity index (χ1) is 11.5. The van der Waals surface area contributed by atoms with Gasteiger partial charge in [0.05, 0.1) is 13.2 Å². The van der Waals surface area contributed by atoms with Crippen LogP contribution in [0.25, 0.3) is 0 Å². The molecular formula is C18H20FNO4. The smallest absolute Gasteiger partial charge is 0.267 e. The van der Waals surface area contributed by atoms with E-state index in [1.807, 2.05) is 6.07 Å². The molecule has 6 heteroatoms. The molecule has 0 saturated carbocycles. The highest BCUT2D eigenvalue weighted by Crippen LogP contribution is 2.31. The zero-order chi connectivity index (χ0) is 17.7. The third-order valence-electron chi connectivity index (χ3n) is 3.55. The first kappa shape index (κ1) is 17.9. The summed E-state index contributed by atoms with van der Waals surface area (Å²) >= 11 is 0. The zero-order valence-corrected chi connectivity index (χ0v) is 13.6. The SMILES string of the molecule is CN(C)C(=O)[C@@H](Oc1c(CO)cc(F)cc1CO)c1ccccc1. The van der Waals surface area contributed by atoms with Gasteiger partial charge in [-0.2, -0.15) is 0 Å². The van der Waals surface area contributed by atoms with Crippen molar-refractivity contribution in [1.82, 2.24) is 4.90 Å². The van der Waals surface area contributed by atoms with Gasteiger partial charge in [-0.15, -0.1) is 0 Å². The van der Waals surface area contributed by atoms with Gasteiger partial charge in [-0.25, -0.2) is 4.39 Å². The molecule has 0 saturated heterocycles. The van der Waals surface area contributed by atoms with Crippen molar-refractivity contribution in [3.05, 3.63) is 65.0 Å². The van der Waals surface area contributed by atoms with Crippen molar-refractivity contribution in [3.63, 3.8) is 0 Å². The summed E-state index contributed by atoms with van der Waals surface area (Å²) in [6.07, 6.45) is -0.970. The van der Waals surface area contributed by atoms with Gasteiger partial charge in [-0.05, 0) is 12.1 Å². The van der Waals surface area contributed by atoms with E-state index in [0.717, 1.165) is 12.1 Å². The van der Waals surface area contributed by atoms with Crippen molar-refractivity contribution in [2.24, 2.45) is 0 Å². The number of benzene rings is 2. The number of hydrogen-bond acceptors (Lipinski definition) is 4. The van der Waals surface area contributed by atoms with Crippen molar-refractivity contribution >= 4 is 5.91 Å². The normalized spacial score (nSPS) is 11.9. The fourth-order valence-electron chi connectivity index (χ4n) is 2.34. The number of nitrogens with zero attached hydrogens (tertiary/aromatic N) is 1. The molecular weight excluding hydrogens is 313 g/mol. The number of aliphatic hydroxyl groups is 2. The van der Waals surface area contributed by atoms with Crippen LogP contribution in [0.4, 0.5) is 4.39 Å². The molecule has 128 valence electrons. The second kappa shape index (κ2) is 7.90. The molecule has 0 radical (unpaired) electrons. The Bertz CT molecular complexity index is 678. The van der Waals surface area contributed by atoms with Crippen molar-refractivity contribution in [2.75, 3.05) is 14.1 Å². The lowest BCUT2D eigenvalue weighted by Gasteiger charge is -2.24. The van der Waals surface area contributed by atoms with Crippen LogP contribution in [-0.4, -0.2) is 35.1 Å². The summed E-state index contributed by atoms with van der Waals surface area (Å²) < 4.78 is 19.4. The fourth-order valence-corrected chi connectivity index (χ4v) is 2.34. The topological polar surface area (TPSA) is 70.0 Å². The Morgan fingerprint density at radius 2 is 1.67 bits per heavy atom. The average molecular weight is 333 g/mol. The summed E-state index contributed by atoms with van der Waals surface area (Å²) in [6, 6.07) is 11.1. The van der Waals surface area contributed by atoms with E-state index in [2.05, 4.69) is 0 Å². The Labute approximate surface area is 139 Å². The largest absolute Gasteiger partial charge is 0.475 e. The number of halogens is 1. The standard InChI is InChI=1S/C18H20FNO4/c1-20(2)18(23)17(12-6-4-3-5-7-12)24-16-13(10-21)8-15(19)9-14(16)11-22/h3-9,17,21-22H,10-11H2,1-2H3/t17-/m0/s1. The molecule has 0 aromatic heterocycles. The van der Waals surface area contributed by atoms with E-state index in [4.69, 9.17) is 4.74 Å². The van der Waals surface area contributed by atoms with Gasteiger partial charge >= 0.3 is 0 Å². The van der Waals surface area contributed by atoms with Gasteiger partial charge in [0.15, 0.2) is 0 Å². The molecule has 2 aromatic carbocycles. The number of carbonyl (C=O) groups is 1. The molecule has 0 aliphatic heterocycles. The van der Waals surface area contributed by atoms with Crippen LogP contribution in [0, 0.1) is 5.82 Å². The molecule has 5 nitrogen and oxygen atoms in total. The third-order valence-corrected chi connectivity index (χ3v) is 3.55. The third kappa shape index (κ3) is 3.90. The summed E-state index contributed by atoms with van der Waals surface area (Å²) in [6.45, 7) is -0.949. The van der Waals surface area contributed by atoms with Gasteiger partial charge in [-0.3, -0.25) is 4.79 Å². The van der Waals surface area contributed by atoms with Crippen molar-refractivity contribution in [2.45, 2.75) is 19.3 Å². The Morgan fingerprint density at radius 3 is 2.12 bits per heavy atom. The van der Waals surface area contributed by atoms with E-state index in [9.17, 15) is 19.4 Å². The van der Waals surface area contributed by atoms with Gasteiger partial charge in [-0.1, -0.05) is 30.3 Å². The van der Waals surface area contributed by atoms with E-state index in [1.54, 1.807) is 38.4 Å². The van der Waals surface area contributed by atoms with E-state index < -0.39 is 25.1 Å². The number of carbonyl (C=O) groups excluding carboxylic acids is 1. The number of hydrogen-bond donors (Lipinski definition) is 2. The number of rotatable bonds is 6. The van der Waals surface area contributed by atoms with Gasteiger partial charge < -0.3 is 19.8 Å². The lowest BCUT2D eigenvalue weighted by Crippen LogP contribution is -2.31. The summed E-state index contributed by atoms with van der Waals surface area (Å²) in [5.74, 6) is -0.783. The second-order valence-electron chi connectivity index (χ2n) is 5.51. The number of likely N-dealkylation sites (N-methyl/N-ethyl adjacent to an activating group) is 1. The lowest BCUT2D eigenvalue weighted by molar-refractivity contribution is -0.136. The molecule has 0 aliphatic carbocycles. The maximum absolute atomic E-state index is 13.6. The molecule has 0 bridgehead atoms. The van der Waals surface area contributed by atoms with Gasteiger partial charge in [0, 0.05) is 30.8 Å². The Balaban J connectivity index is 2.49. The molecule has 2 aromatic rings. The molecule has 0 heterocycles. The minimum Gasteiger partial charge on any atom is -0.475 e. The maximum Gasteiger partial charge on any atom is 0.267 e. The first-order valence-electron chi connectivity index (χ1n) is 7.43. The average Bonchev–Trinajstić information content (AvgIpc) is 2.59. The van der Waals surface area contributed by atoms with Crippen LogP contribution in [0.2, 0.25) is 0 Å². The minimum absolute atomic E-state index is 0.116. The van der Waals surface area contributed by atoms with Crippen molar-refractivity contribution in [1.29, 1.82) is 0 Å². The molecule has 24 heavy (non-hydrogen) atoms. The monoisotopic (exact) mass is 333 g/mol. The van der Waals surface area contributed by atoms with Crippen molar-refractivity contribution < 1.29 is 24.1 Å². The van der Waals surface area contributed by atoms with Crippen LogP contribution in [0.3, 0.4) is 0 Å². The second-order valence-corrected chi connectivity index (χ2v) is 5.51. The Morgan fingerprint density at radius 1 is 1.12 bits per heavy atom. The van der Waals surface area contributed by atoms with Crippen LogP contribution in [0.15, 0.2) is 42.5 Å². The number of amides is 1. The summed E-state index contributed by atoms with van der Waals surface area (Å²) in [5, 5.41) is 18.9. The Kier molecular flexibility index (Phi) is 5.89. The quantitative estimate of drug-likeness (QED) is 0.848. The zero-order valence-electron chi connectivity index (χ0n) is 13.6. The maximum atomic E-state index is 13.6. The molecule has 0 aliphatic rings. The Hall–Kier alpha value is -2.44. The molecule has 0 unspecified atom stereocenters. The first-order valence-corrected chi connectivity index (χ1v) is 7.43. The van der Waals surface area contributed by atoms with Gasteiger partial charge in [0.25, 0.3) is 5.91 Å². The van der Waals surface area contributed by atoms with E-state index in [-0.39, 0.29) is 22.8 Å². The number of ether oxygens (including phenoxy) is 1. The van der Waals surface area contributed by atoms with Gasteiger partial charge in [0.1, 0.15) is 11.6 Å². The lowest BCUT2D eigenvalue weighted by atomic mass is 10.1. The van der Waals surface area contributed by atoms with Crippen LogP contribution in [0.1, 0.15) is 22.8 Å². The summed E-state index contributed by atoms with van der Waals surface area (Å²) in [5.41, 5.74) is 0.964. The van der Waals surface area contributed by atoms with Crippen molar-refractivity contribution in [3.8, 4) is 5.75 Å². The molecule has 0 spiro atoms. The summed E-state index contributed by atoms with van der Waals surface area (Å²) in [4.78, 5) is 13.9. The fraction of sp³-hybridized carbons (Fsp3) is 0.278. The predicted molar refractivity (Wildman–Crippen MR) is 86.8 cm³/mol. The highest BCUT2D eigenvalue weighted by Gasteiger charge is 2.26. The minimum atomic E-state index is -0.970. The van der Waals surface area contributed by atoms with Crippen LogP contribution >= 0.6 is 0 Å². The van der Waals surface area contributed by atoms with Gasteiger partial charge in [0.2, 0.25) is 6.10 Å². The highest BCUT2D eigenvalue weighted by atomic mass is 19.1.